The first-order valence-corrected chi connectivity index (χ1v) is 10.6. The molecule has 1 amide bonds. The molecule has 2 fully saturated rings. The van der Waals surface area contributed by atoms with Crippen molar-refractivity contribution in [3.8, 4) is 0 Å². The first kappa shape index (κ1) is 22.0. The number of hydrogen-bond acceptors (Lipinski definition) is 4. The Morgan fingerprint density at radius 1 is 1.15 bits per heavy atom. The minimum absolute atomic E-state index is 0.165. The summed E-state index contributed by atoms with van der Waals surface area (Å²) in [6.45, 7) is 17.5. The number of nitrogens with zero attached hydrogens (tertiary/aromatic N) is 4. The van der Waals surface area contributed by atoms with Crippen molar-refractivity contribution in [3.05, 3.63) is 0 Å². The fourth-order valence-corrected chi connectivity index (χ4v) is 3.92. The van der Waals surface area contributed by atoms with Crippen molar-refractivity contribution in [1.82, 2.24) is 20.0 Å². The number of aliphatic imine (C=N–C) groups is 1. The highest BCUT2D eigenvalue weighted by Gasteiger charge is 2.30. The van der Waals surface area contributed by atoms with Crippen LogP contribution >= 0.6 is 0 Å². The van der Waals surface area contributed by atoms with Gasteiger partial charge in [-0.1, -0.05) is 0 Å². The zero-order valence-electron chi connectivity index (χ0n) is 17.9. The van der Waals surface area contributed by atoms with E-state index in [0.717, 1.165) is 71.2 Å². The van der Waals surface area contributed by atoms with Crippen molar-refractivity contribution >= 4 is 11.9 Å². The quantitative estimate of drug-likeness (QED) is 0.533. The van der Waals surface area contributed by atoms with Gasteiger partial charge in [0.2, 0.25) is 0 Å². The van der Waals surface area contributed by atoms with Gasteiger partial charge in [-0.15, -0.1) is 0 Å². The van der Waals surface area contributed by atoms with Crippen molar-refractivity contribution in [2.45, 2.75) is 65.6 Å². The van der Waals surface area contributed by atoms with Gasteiger partial charge in [0.05, 0.1) is 6.54 Å². The third-order valence-corrected chi connectivity index (χ3v) is 5.38. The van der Waals surface area contributed by atoms with Crippen LogP contribution in [0.4, 0.5) is 0 Å². The molecule has 2 rings (SSSR count). The average Bonchev–Trinajstić information content (AvgIpc) is 3.18. The molecule has 0 aromatic heterocycles. The summed E-state index contributed by atoms with van der Waals surface area (Å²) < 4.78 is 5.55. The number of amides is 1. The Labute approximate surface area is 165 Å². The van der Waals surface area contributed by atoms with Crippen molar-refractivity contribution in [2.75, 3.05) is 52.4 Å². The number of nitrogens with one attached hydrogen (secondary N) is 1. The maximum atomic E-state index is 12.5. The molecule has 0 bridgehead atoms. The zero-order chi connectivity index (χ0) is 19.8. The summed E-state index contributed by atoms with van der Waals surface area (Å²) in [5.41, 5.74) is 0. The highest BCUT2D eigenvalue weighted by molar-refractivity contribution is 5.82. The van der Waals surface area contributed by atoms with E-state index in [0.29, 0.717) is 12.1 Å². The van der Waals surface area contributed by atoms with Crippen LogP contribution in [-0.2, 0) is 9.53 Å². The summed E-state index contributed by atoms with van der Waals surface area (Å²) in [6, 6.07) is 1.05. The smallest absolute Gasteiger partial charge is 0.251 e. The van der Waals surface area contributed by atoms with Gasteiger partial charge in [-0.05, 0) is 47.5 Å². The van der Waals surface area contributed by atoms with Gasteiger partial charge in [0.1, 0.15) is 6.10 Å². The molecule has 7 heteroatoms. The van der Waals surface area contributed by atoms with Gasteiger partial charge < -0.3 is 19.9 Å². The third-order valence-electron chi connectivity index (χ3n) is 5.38. The summed E-state index contributed by atoms with van der Waals surface area (Å²) in [5.74, 6) is 1.13. The average molecular weight is 382 g/mol. The molecule has 2 aliphatic heterocycles. The number of carbonyl (C=O) groups is 1. The van der Waals surface area contributed by atoms with Crippen molar-refractivity contribution in [1.29, 1.82) is 0 Å². The Morgan fingerprint density at radius 2 is 1.78 bits per heavy atom. The van der Waals surface area contributed by atoms with Crippen LogP contribution in [0.15, 0.2) is 4.99 Å². The first-order valence-electron chi connectivity index (χ1n) is 10.6. The predicted octanol–water partition coefficient (Wildman–Crippen LogP) is 1.39. The molecule has 0 saturated carbocycles. The Hall–Kier alpha value is -1.34. The SMILES string of the molecule is CCNC(=NCCN(C(C)C)C(C)C)N1CCN(C(=O)C2CCCO2)CC1. The number of piperazine rings is 1. The zero-order valence-corrected chi connectivity index (χ0v) is 17.9. The van der Waals surface area contributed by atoms with Crippen LogP contribution in [0.1, 0.15) is 47.5 Å². The summed E-state index contributed by atoms with van der Waals surface area (Å²) >= 11 is 0. The van der Waals surface area contributed by atoms with Crippen molar-refractivity contribution in [2.24, 2.45) is 4.99 Å². The Bertz CT molecular complexity index is 473. The molecule has 27 heavy (non-hydrogen) atoms. The summed E-state index contributed by atoms with van der Waals surface area (Å²) in [7, 11) is 0. The van der Waals surface area contributed by atoms with E-state index < -0.39 is 0 Å². The highest BCUT2D eigenvalue weighted by Crippen LogP contribution is 2.16. The van der Waals surface area contributed by atoms with E-state index in [1.165, 1.54) is 0 Å². The number of hydrogen-bond donors (Lipinski definition) is 1. The van der Waals surface area contributed by atoms with Gasteiger partial charge in [-0.3, -0.25) is 14.7 Å². The Kier molecular flexibility index (Phi) is 8.83. The third kappa shape index (κ3) is 6.35. The standard InChI is InChI=1S/C20H39N5O2/c1-6-21-20(22-9-10-25(16(2)3)17(4)5)24-13-11-23(12-14-24)19(26)18-8-7-15-27-18/h16-18H,6-15H2,1-5H3,(H,21,22). The second-order valence-electron chi connectivity index (χ2n) is 7.97. The van der Waals surface area contributed by atoms with Crippen LogP contribution in [0.25, 0.3) is 0 Å². The van der Waals surface area contributed by atoms with E-state index in [9.17, 15) is 4.79 Å². The second-order valence-corrected chi connectivity index (χ2v) is 7.97. The number of rotatable bonds is 7. The van der Waals surface area contributed by atoms with Crippen LogP contribution in [0.5, 0.6) is 0 Å². The summed E-state index contributed by atoms with van der Waals surface area (Å²) in [6.07, 6.45) is 1.65. The fourth-order valence-electron chi connectivity index (χ4n) is 3.92. The van der Waals surface area contributed by atoms with Crippen LogP contribution < -0.4 is 5.32 Å². The lowest BCUT2D eigenvalue weighted by atomic mass is 10.2. The van der Waals surface area contributed by atoms with E-state index in [1.807, 2.05) is 4.90 Å². The lowest BCUT2D eigenvalue weighted by molar-refractivity contribution is -0.142. The molecule has 2 saturated heterocycles. The molecule has 0 aromatic carbocycles. The molecule has 156 valence electrons. The van der Waals surface area contributed by atoms with Crippen LogP contribution in [0.3, 0.4) is 0 Å². The van der Waals surface area contributed by atoms with Gasteiger partial charge in [-0.25, -0.2) is 0 Å². The fraction of sp³-hybridized carbons (Fsp3) is 0.900. The molecule has 7 nitrogen and oxygen atoms in total. The van der Waals surface area contributed by atoms with Gasteiger partial charge >= 0.3 is 0 Å². The van der Waals surface area contributed by atoms with Gasteiger partial charge in [0.15, 0.2) is 5.96 Å². The van der Waals surface area contributed by atoms with Gasteiger partial charge in [0, 0.05) is 58.0 Å². The monoisotopic (exact) mass is 381 g/mol. The van der Waals surface area contributed by atoms with E-state index in [1.54, 1.807) is 0 Å². The van der Waals surface area contributed by atoms with Gasteiger partial charge in [-0.2, -0.15) is 0 Å². The molecule has 2 aliphatic rings. The van der Waals surface area contributed by atoms with E-state index in [-0.39, 0.29) is 12.0 Å². The molecule has 0 radical (unpaired) electrons. The van der Waals surface area contributed by atoms with Crippen LogP contribution in [0, 0.1) is 0 Å². The lowest BCUT2D eigenvalue weighted by Crippen LogP contribution is -2.55. The molecule has 0 aliphatic carbocycles. The minimum atomic E-state index is -0.212. The van der Waals surface area contributed by atoms with E-state index in [2.05, 4.69) is 49.7 Å². The molecule has 1 atom stereocenters. The molecule has 1 N–H and O–H groups in total. The van der Waals surface area contributed by atoms with Crippen molar-refractivity contribution < 1.29 is 9.53 Å². The molecule has 2 heterocycles. The Morgan fingerprint density at radius 3 is 2.30 bits per heavy atom. The topological polar surface area (TPSA) is 60.4 Å². The molecular formula is C20H39N5O2. The molecule has 0 spiro atoms. The molecule has 0 aromatic rings. The van der Waals surface area contributed by atoms with Gasteiger partial charge in [0.25, 0.3) is 5.91 Å². The first-order chi connectivity index (χ1) is 12.9. The van der Waals surface area contributed by atoms with Crippen LogP contribution in [0.2, 0.25) is 0 Å². The second kappa shape index (κ2) is 10.9. The predicted molar refractivity (Wildman–Crippen MR) is 110 cm³/mol. The van der Waals surface area contributed by atoms with E-state index >= 15 is 0 Å². The molecule has 1 unspecified atom stereocenters. The largest absolute Gasteiger partial charge is 0.368 e. The summed E-state index contributed by atoms with van der Waals surface area (Å²) in [5, 5.41) is 3.41. The lowest BCUT2D eigenvalue weighted by Gasteiger charge is -2.37. The van der Waals surface area contributed by atoms with Crippen molar-refractivity contribution in [3.63, 3.8) is 0 Å². The highest BCUT2D eigenvalue weighted by atomic mass is 16.5. The number of guanidine groups is 1. The molecular weight excluding hydrogens is 342 g/mol. The Balaban J connectivity index is 1.86. The maximum Gasteiger partial charge on any atom is 0.251 e. The summed E-state index contributed by atoms with van der Waals surface area (Å²) in [4.78, 5) is 24.1. The van der Waals surface area contributed by atoms with E-state index in [4.69, 9.17) is 9.73 Å². The number of ether oxygens (including phenoxy) is 1. The minimum Gasteiger partial charge on any atom is -0.368 e. The number of carbonyl (C=O) groups excluding carboxylic acids is 1. The van der Waals surface area contributed by atoms with Crippen LogP contribution in [-0.4, -0.2) is 97.2 Å². The normalized spacial score (nSPS) is 21.6. The maximum absolute atomic E-state index is 12.5.